The molecule has 0 spiro atoms. The highest BCUT2D eigenvalue weighted by atomic mass is 32.1. The van der Waals surface area contributed by atoms with Gasteiger partial charge in [0.15, 0.2) is 0 Å². The van der Waals surface area contributed by atoms with E-state index in [2.05, 4.69) is 5.32 Å². The van der Waals surface area contributed by atoms with Gasteiger partial charge in [0.1, 0.15) is 0 Å². The van der Waals surface area contributed by atoms with Crippen molar-refractivity contribution >= 4 is 17.2 Å². The Labute approximate surface area is 129 Å². The topological polar surface area (TPSA) is 61.8 Å². The summed E-state index contributed by atoms with van der Waals surface area (Å²) in [6.45, 7) is 4.73. The van der Waals surface area contributed by atoms with Gasteiger partial charge in [-0.15, -0.1) is 11.3 Å². The van der Waals surface area contributed by atoms with E-state index in [0.29, 0.717) is 13.2 Å². The van der Waals surface area contributed by atoms with Crippen LogP contribution in [0, 0.1) is 0 Å². The van der Waals surface area contributed by atoms with Crippen molar-refractivity contribution in [1.29, 1.82) is 0 Å². The number of nitrogens with zero attached hydrogens (tertiary/aromatic N) is 1. The molecule has 2 rings (SSSR count). The van der Waals surface area contributed by atoms with Crippen LogP contribution in [0.5, 0.6) is 0 Å². The predicted molar refractivity (Wildman–Crippen MR) is 83.3 cm³/mol. The molecule has 1 fully saturated rings. The van der Waals surface area contributed by atoms with Crippen molar-refractivity contribution < 1.29 is 14.6 Å². The molecule has 1 aromatic heterocycles. The summed E-state index contributed by atoms with van der Waals surface area (Å²) in [6.07, 6.45) is 1.59. The lowest BCUT2D eigenvalue weighted by Crippen LogP contribution is -2.46. The van der Waals surface area contributed by atoms with E-state index in [4.69, 9.17) is 4.74 Å². The number of ether oxygens (including phenoxy) is 1. The number of amides is 1. The molecular formula is C15H24N2O3S. The fraction of sp³-hybridized carbons (Fsp3) is 0.667. The normalized spacial score (nSPS) is 17.9. The molecule has 0 aromatic carbocycles. The van der Waals surface area contributed by atoms with Gasteiger partial charge in [0.25, 0.3) is 0 Å². The molecular weight excluding hydrogens is 288 g/mol. The zero-order chi connectivity index (χ0) is 15.1. The van der Waals surface area contributed by atoms with Crippen molar-refractivity contribution in [2.24, 2.45) is 0 Å². The van der Waals surface area contributed by atoms with Gasteiger partial charge >= 0.3 is 0 Å². The van der Waals surface area contributed by atoms with E-state index >= 15 is 0 Å². The molecule has 1 saturated heterocycles. The van der Waals surface area contributed by atoms with Gasteiger partial charge in [-0.05, 0) is 31.2 Å². The third-order valence-electron chi connectivity index (χ3n) is 3.58. The average molecular weight is 312 g/mol. The Morgan fingerprint density at radius 2 is 2.29 bits per heavy atom. The number of rotatable bonds is 8. The zero-order valence-corrected chi connectivity index (χ0v) is 13.3. The van der Waals surface area contributed by atoms with E-state index in [9.17, 15) is 9.90 Å². The molecule has 6 heteroatoms. The number of hydrogen-bond acceptors (Lipinski definition) is 5. The van der Waals surface area contributed by atoms with Crippen LogP contribution in [-0.4, -0.2) is 54.3 Å². The second-order valence-electron chi connectivity index (χ2n) is 5.41. The van der Waals surface area contributed by atoms with E-state index in [1.165, 1.54) is 0 Å². The van der Waals surface area contributed by atoms with Crippen LogP contribution in [0.3, 0.4) is 0 Å². The molecule has 1 amide bonds. The average Bonchev–Trinajstić information content (AvgIpc) is 3.16. The quantitative estimate of drug-likeness (QED) is 0.758. The summed E-state index contributed by atoms with van der Waals surface area (Å²) in [5.41, 5.74) is 0. The van der Waals surface area contributed by atoms with E-state index < -0.39 is 6.10 Å². The second-order valence-corrected chi connectivity index (χ2v) is 6.44. The Morgan fingerprint density at radius 3 is 2.95 bits per heavy atom. The van der Waals surface area contributed by atoms with E-state index in [1.807, 2.05) is 29.3 Å². The van der Waals surface area contributed by atoms with Crippen molar-refractivity contribution in [1.82, 2.24) is 10.2 Å². The SMILES string of the molecule is CC(NCC(O)COCc1cccs1)C(=O)N1CCCC1. The van der Waals surface area contributed by atoms with Gasteiger partial charge in [-0.25, -0.2) is 0 Å². The minimum absolute atomic E-state index is 0.124. The molecule has 1 aromatic rings. The predicted octanol–water partition coefficient (Wildman–Crippen LogP) is 1.23. The standard InChI is InChI=1S/C15H24N2O3S/c1-12(15(19)17-6-2-3-7-17)16-9-13(18)10-20-11-14-5-4-8-21-14/h4-5,8,12-13,16,18H,2-3,6-7,9-11H2,1H3. The molecule has 0 bridgehead atoms. The number of hydrogen-bond donors (Lipinski definition) is 2. The molecule has 21 heavy (non-hydrogen) atoms. The molecule has 1 aliphatic heterocycles. The summed E-state index contributed by atoms with van der Waals surface area (Å²) in [6, 6.07) is 3.73. The molecule has 2 N–H and O–H groups in total. The van der Waals surface area contributed by atoms with Gasteiger partial charge < -0.3 is 20.1 Å². The van der Waals surface area contributed by atoms with Gasteiger partial charge in [-0.1, -0.05) is 6.07 Å². The fourth-order valence-electron chi connectivity index (χ4n) is 2.36. The van der Waals surface area contributed by atoms with Crippen molar-refractivity contribution in [2.75, 3.05) is 26.2 Å². The Bertz CT molecular complexity index is 419. The fourth-order valence-corrected chi connectivity index (χ4v) is 3.00. The molecule has 2 atom stereocenters. The monoisotopic (exact) mass is 312 g/mol. The maximum absolute atomic E-state index is 12.1. The summed E-state index contributed by atoms with van der Waals surface area (Å²) < 4.78 is 5.46. The summed E-state index contributed by atoms with van der Waals surface area (Å²) in [4.78, 5) is 15.1. The summed E-state index contributed by atoms with van der Waals surface area (Å²) >= 11 is 1.64. The maximum atomic E-state index is 12.1. The number of thiophene rings is 1. The molecule has 1 aliphatic rings. The van der Waals surface area contributed by atoms with Gasteiger partial charge in [0.05, 0.1) is 25.4 Å². The Morgan fingerprint density at radius 1 is 1.52 bits per heavy atom. The van der Waals surface area contributed by atoms with Crippen molar-refractivity contribution in [3.8, 4) is 0 Å². The first-order chi connectivity index (χ1) is 10.2. The lowest BCUT2D eigenvalue weighted by atomic mass is 10.2. The van der Waals surface area contributed by atoms with Crippen LogP contribution in [0.15, 0.2) is 17.5 Å². The summed E-state index contributed by atoms with van der Waals surface area (Å²) in [5.74, 6) is 0.124. The first kappa shape index (κ1) is 16.4. The molecule has 118 valence electrons. The highest BCUT2D eigenvalue weighted by Gasteiger charge is 2.23. The highest BCUT2D eigenvalue weighted by molar-refractivity contribution is 7.09. The number of likely N-dealkylation sites (tertiary alicyclic amines) is 1. The minimum atomic E-state index is -0.598. The number of carbonyl (C=O) groups excluding carboxylic acids is 1. The van der Waals surface area contributed by atoms with Crippen LogP contribution in [0.4, 0.5) is 0 Å². The third kappa shape index (κ3) is 5.39. The van der Waals surface area contributed by atoms with Crippen LogP contribution in [0.2, 0.25) is 0 Å². The lowest BCUT2D eigenvalue weighted by molar-refractivity contribution is -0.132. The van der Waals surface area contributed by atoms with Crippen molar-refractivity contribution in [3.05, 3.63) is 22.4 Å². The van der Waals surface area contributed by atoms with Gasteiger partial charge in [0, 0.05) is 24.5 Å². The number of carbonyl (C=O) groups is 1. The highest BCUT2D eigenvalue weighted by Crippen LogP contribution is 2.10. The maximum Gasteiger partial charge on any atom is 0.239 e. The molecule has 0 radical (unpaired) electrons. The summed E-state index contributed by atoms with van der Waals surface area (Å²) in [5, 5.41) is 15.0. The Hall–Kier alpha value is -0.950. The first-order valence-electron chi connectivity index (χ1n) is 7.47. The van der Waals surface area contributed by atoms with E-state index in [-0.39, 0.29) is 18.6 Å². The number of aliphatic hydroxyl groups excluding tert-OH is 1. The van der Waals surface area contributed by atoms with Crippen LogP contribution >= 0.6 is 11.3 Å². The van der Waals surface area contributed by atoms with Crippen LogP contribution in [-0.2, 0) is 16.1 Å². The molecule has 2 unspecified atom stereocenters. The third-order valence-corrected chi connectivity index (χ3v) is 4.43. The number of aliphatic hydroxyl groups is 1. The van der Waals surface area contributed by atoms with Crippen molar-refractivity contribution in [2.45, 2.75) is 38.5 Å². The number of nitrogens with one attached hydrogen (secondary N) is 1. The Kier molecular flexibility index (Phi) is 6.63. The van der Waals surface area contributed by atoms with Crippen LogP contribution in [0.1, 0.15) is 24.6 Å². The van der Waals surface area contributed by atoms with Gasteiger partial charge in [-0.3, -0.25) is 4.79 Å². The molecule has 0 aliphatic carbocycles. The van der Waals surface area contributed by atoms with E-state index in [1.54, 1.807) is 11.3 Å². The summed E-state index contributed by atoms with van der Waals surface area (Å²) in [7, 11) is 0. The minimum Gasteiger partial charge on any atom is -0.389 e. The zero-order valence-electron chi connectivity index (χ0n) is 12.5. The van der Waals surface area contributed by atoms with Crippen LogP contribution in [0.25, 0.3) is 0 Å². The van der Waals surface area contributed by atoms with Gasteiger partial charge in [-0.2, -0.15) is 0 Å². The first-order valence-corrected chi connectivity index (χ1v) is 8.35. The largest absolute Gasteiger partial charge is 0.389 e. The smallest absolute Gasteiger partial charge is 0.239 e. The van der Waals surface area contributed by atoms with Crippen molar-refractivity contribution in [3.63, 3.8) is 0 Å². The second kappa shape index (κ2) is 8.48. The van der Waals surface area contributed by atoms with Crippen LogP contribution < -0.4 is 5.32 Å². The van der Waals surface area contributed by atoms with Gasteiger partial charge in [0.2, 0.25) is 5.91 Å². The molecule has 0 saturated carbocycles. The van der Waals surface area contributed by atoms with E-state index in [0.717, 1.165) is 30.8 Å². The Balaban J connectivity index is 1.59. The molecule has 2 heterocycles. The lowest BCUT2D eigenvalue weighted by Gasteiger charge is -2.22. The molecule has 5 nitrogen and oxygen atoms in total.